The van der Waals surface area contributed by atoms with E-state index in [1.54, 1.807) is 50.6 Å². The number of hydrogen-bond donors (Lipinski definition) is 1. The standard InChI is InChI=1S/C21H26N2O5S/c1-15-13-19(27-2)20(28-3)14-18(15)22-21(24)16-9-11-23(12-10-16)29(25,26)17-7-5-4-6-8-17/h4-8,13-14,16H,9-12H2,1-3H3,(H,22,24). The van der Waals surface area contributed by atoms with Gasteiger partial charge in [0.25, 0.3) is 0 Å². The molecule has 0 spiro atoms. The second kappa shape index (κ2) is 8.84. The lowest BCUT2D eigenvalue weighted by molar-refractivity contribution is -0.120. The van der Waals surface area contributed by atoms with E-state index < -0.39 is 10.0 Å². The van der Waals surface area contributed by atoms with E-state index >= 15 is 0 Å². The summed E-state index contributed by atoms with van der Waals surface area (Å²) in [5.74, 6) is 0.779. The van der Waals surface area contributed by atoms with E-state index in [2.05, 4.69) is 5.32 Å². The van der Waals surface area contributed by atoms with Gasteiger partial charge in [-0.1, -0.05) is 18.2 Å². The number of methoxy groups -OCH3 is 2. The number of sulfonamides is 1. The minimum atomic E-state index is -3.52. The van der Waals surface area contributed by atoms with Crippen molar-refractivity contribution >= 4 is 21.6 Å². The number of benzene rings is 2. The van der Waals surface area contributed by atoms with Gasteiger partial charge in [-0.15, -0.1) is 0 Å². The summed E-state index contributed by atoms with van der Waals surface area (Å²) >= 11 is 0. The Hall–Kier alpha value is -2.58. The van der Waals surface area contributed by atoms with Crippen molar-refractivity contribution in [1.82, 2.24) is 4.31 Å². The first-order valence-electron chi connectivity index (χ1n) is 9.45. The van der Waals surface area contributed by atoms with Crippen LogP contribution in [0.1, 0.15) is 18.4 Å². The van der Waals surface area contributed by atoms with E-state index in [-0.39, 0.29) is 16.7 Å². The summed E-state index contributed by atoms with van der Waals surface area (Å²) in [6, 6.07) is 11.9. The van der Waals surface area contributed by atoms with Crippen molar-refractivity contribution in [2.45, 2.75) is 24.7 Å². The number of nitrogens with zero attached hydrogens (tertiary/aromatic N) is 1. The second-order valence-corrected chi connectivity index (χ2v) is 8.94. The van der Waals surface area contributed by atoms with E-state index in [4.69, 9.17) is 9.47 Å². The molecule has 1 saturated heterocycles. The summed E-state index contributed by atoms with van der Waals surface area (Å²) in [6.45, 7) is 2.52. The summed E-state index contributed by atoms with van der Waals surface area (Å²) in [6.07, 6.45) is 0.953. The molecule has 0 bridgehead atoms. The average Bonchev–Trinajstić information content (AvgIpc) is 2.75. The van der Waals surface area contributed by atoms with Gasteiger partial charge in [0.1, 0.15) is 0 Å². The zero-order chi connectivity index (χ0) is 21.0. The number of ether oxygens (including phenoxy) is 2. The fourth-order valence-electron chi connectivity index (χ4n) is 3.45. The molecule has 0 unspecified atom stereocenters. The van der Waals surface area contributed by atoms with Gasteiger partial charge in [-0.25, -0.2) is 8.42 Å². The molecule has 1 aliphatic heterocycles. The van der Waals surface area contributed by atoms with Crippen LogP contribution in [0.3, 0.4) is 0 Å². The molecule has 0 aliphatic carbocycles. The molecule has 2 aromatic rings. The van der Waals surface area contributed by atoms with Crippen LogP contribution in [0, 0.1) is 12.8 Å². The Morgan fingerprint density at radius 2 is 1.62 bits per heavy atom. The predicted octanol–water partition coefficient (Wildman–Crippen LogP) is 3.05. The first-order chi connectivity index (χ1) is 13.9. The lowest BCUT2D eigenvalue weighted by Gasteiger charge is -2.30. The monoisotopic (exact) mass is 418 g/mol. The molecule has 1 heterocycles. The maximum absolute atomic E-state index is 12.7. The first-order valence-corrected chi connectivity index (χ1v) is 10.9. The van der Waals surface area contributed by atoms with Gasteiger partial charge in [0.2, 0.25) is 15.9 Å². The highest BCUT2D eigenvalue weighted by Crippen LogP contribution is 2.33. The van der Waals surface area contributed by atoms with Crippen LogP contribution in [0.4, 0.5) is 5.69 Å². The molecule has 0 radical (unpaired) electrons. The van der Waals surface area contributed by atoms with Gasteiger partial charge >= 0.3 is 0 Å². The van der Waals surface area contributed by atoms with Gasteiger partial charge < -0.3 is 14.8 Å². The molecule has 0 atom stereocenters. The Balaban J connectivity index is 1.65. The Kier molecular flexibility index (Phi) is 6.44. The molecule has 3 rings (SSSR count). The van der Waals surface area contributed by atoms with Crippen LogP contribution in [0.25, 0.3) is 0 Å². The van der Waals surface area contributed by atoms with E-state index in [1.807, 2.05) is 13.0 Å². The highest BCUT2D eigenvalue weighted by Gasteiger charge is 2.32. The fourth-order valence-corrected chi connectivity index (χ4v) is 4.94. The smallest absolute Gasteiger partial charge is 0.243 e. The molecule has 8 heteroatoms. The molecular formula is C21H26N2O5S. The molecule has 7 nitrogen and oxygen atoms in total. The Bertz CT molecular complexity index is 968. The summed E-state index contributed by atoms with van der Waals surface area (Å²) in [4.78, 5) is 13.0. The highest BCUT2D eigenvalue weighted by molar-refractivity contribution is 7.89. The number of anilines is 1. The van der Waals surface area contributed by atoms with Crippen LogP contribution >= 0.6 is 0 Å². The molecule has 29 heavy (non-hydrogen) atoms. The van der Waals surface area contributed by atoms with Crippen molar-refractivity contribution in [3.63, 3.8) is 0 Å². The van der Waals surface area contributed by atoms with Crippen LogP contribution < -0.4 is 14.8 Å². The average molecular weight is 419 g/mol. The number of hydrogen-bond acceptors (Lipinski definition) is 5. The van der Waals surface area contributed by atoms with Crippen molar-refractivity contribution in [2.75, 3.05) is 32.6 Å². The highest BCUT2D eigenvalue weighted by atomic mass is 32.2. The predicted molar refractivity (Wildman–Crippen MR) is 111 cm³/mol. The van der Waals surface area contributed by atoms with Gasteiger partial charge in [-0.2, -0.15) is 4.31 Å². The van der Waals surface area contributed by atoms with Crippen LogP contribution in [0.5, 0.6) is 11.5 Å². The van der Waals surface area contributed by atoms with E-state index in [1.165, 1.54) is 4.31 Å². The fraction of sp³-hybridized carbons (Fsp3) is 0.381. The quantitative estimate of drug-likeness (QED) is 0.779. The third kappa shape index (κ3) is 4.54. The molecule has 1 aliphatic rings. The normalized spacial score (nSPS) is 15.7. The number of piperidine rings is 1. The Morgan fingerprint density at radius 3 is 2.21 bits per heavy atom. The van der Waals surface area contributed by atoms with E-state index in [0.717, 1.165) is 5.56 Å². The maximum atomic E-state index is 12.7. The minimum Gasteiger partial charge on any atom is -0.493 e. The topological polar surface area (TPSA) is 84.9 Å². The zero-order valence-electron chi connectivity index (χ0n) is 16.8. The molecular weight excluding hydrogens is 392 g/mol. The van der Waals surface area contributed by atoms with E-state index in [9.17, 15) is 13.2 Å². The lowest BCUT2D eigenvalue weighted by atomic mass is 9.97. The van der Waals surface area contributed by atoms with Crippen LogP contribution in [-0.4, -0.2) is 45.9 Å². The number of rotatable bonds is 6. The number of carbonyl (C=O) groups excluding carboxylic acids is 1. The number of nitrogens with one attached hydrogen (secondary N) is 1. The molecule has 156 valence electrons. The van der Waals surface area contributed by atoms with Crippen molar-refractivity contribution < 1.29 is 22.7 Å². The molecule has 1 fully saturated rings. The van der Waals surface area contributed by atoms with Crippen LogP contribution in [-0.2, 0) is 14.8 Å². The summed E-state index contributed by atoms with van der Waals surface area (Å²) in [7, 11) is -0.417. The summed E-state index contributed by atoms with van der Waals surface area (Å²) in [5, 5.41) is 2.95. The van der Waals surface area contributed by atoms with Gasteiger partial charge in [-0.3, -0.25) is 4.79 Å². The minimum absolute atomic E-state index is 0.114. The number of carbonyl (C=O) groups is 1. The molecule has 0 aromatic heterocycles. The third-order valence-electron chi connectivity index (χ3n) is 5.19. The number of aryl methyl sites for hydroxylation is 1. The Labute approximate surface area is 171 Å². The Morgan fingerprint density at radius 1 is 1.03 bits per heavy atom. The maximum Gasteiger partial charge on any atom is 0.243 e. The van der Waals surface area contributed by atoms with Crippen molar-refractivity contribution in [2.24, 2.45) is 5.92 Å². The van der Waals surface area contributed by atoms with Gasteiger partial charge in [0, 0.05) is 30.8 Å². The molecule has 0 saturated carbocycles. The second-order valence-electron chi connectivity index (χ2n) is 7.00. The van der Waals surface area contributed by atoms with Gasteiger partial charge in [-0.05, 0) is 43.5 Å². The lowest BCUT2D eigenvalue weighted by Crippen LogP contribution is -2.41. The zero-order valence-corrected chi connectivity index (χ0v) is 17.7. The largest absolute Gasteiger partial charge is 0.493 e. The summed E-state index contributed by atoms with van der Waals surface area (Å²) in [5.41, 5.74) is 1.52. The van der Waals surface area contributed by atoms with E-state index in [0.29, 0.717) is 43.1 Å². The molecule has 2 aromatic carbocycles. The SMILES string of the molecule is COc1cc(C)c(NC(=O)C2CCN(S(=O)(=O)c3ccccc3)CC2)cc1OC. The van der Waals surface area contributed by atoms with Crippen molar-refractivity contribution in [3.8, 4) is 11.5 Å². The number of amides is 1. The summed E-state index contributed by atoms with van der Waals surface area (Å²) < 4.78 is 37.5. The van der Waals surface area contributed by atoms with Gasteiger partial charge in [0.05, 0.1) is 19.1 Å². The first kappa shape index (κ1) is 21.1. The van der Waals surface area contributed by atoms with Crippen LogP contribution in [0.2, 0.25) is 0 Å². The van der Waals surface area contributed by atoms with Crippen LogP contribution in [0.15, 0.2) is 47.4 Å². The van der Waals surface area contributed by atoms with Gasteiger partial charge in [0.15, 0.2) is 11.5 Å². The van der Waals surface area contributed by atoms with Crippen molar-refractivity contribution in [3.05, 3.63) is 48.0 Å². The molecule has 1 N–H and O–H groups in total. The molecule has 1 amide bonds. The third-order valence-corrected chi connectivity index (χ3v) is 7.11. The van der Waals surface area contributed by atoms with Crippen molar-refractivity contribution in [1.29, 1.82) is 0 Å².